The van der Waals surface area contributed by atoms with Crippen LogP contribution >= 0.6 is 15.9 Å². The van der Waals surface area contributed by atoms with Crippen LogP contribution < -0.4 is 5.32 Å². The van der Waals surface area contributed by atoms with Crippen molar-refractivity contribution in [3.63, 3.8) is 0 Å². The number of amides is 1. The van der Waals surface area contributed by atoms with Crippen LogP contribution in [0, 0.1) is 11.6 Å². The summed E-state index contributed by atoms with van der Waals surface area (Å²) < 4.78 is 54.9. The number of sulfonamides is 1. The van der Waals surface area contributed by atoms with Crippen LogP contribution in [-0.4, -0.2) is 31.2 Å². The summed E-state index contributed by atoms with van der Waals surface area (Å²) >= 11 is 3.28. The van der Waals surface area contributed by atoms with Crippen LogP contribution in [0.1, 0.15) is 32.1 Å². The highest BCUT2D eigenvalue weighted by atomic mass is 79.9. The van der Waals surface area contributed by atoms with Gasteiger partial charge in [-0.2, -0.15) is 4.31 Å². The number of nitrogens with zero attached hydrogens (tertiary/aromatic N) is 1. The Balaban J connectivity index is 1.84. The van der Waals surface area contributed by atoms with E-state index in [1.54, 1.807) is 12.1 Å². The largest absolute Gasteiger partial charge is 0.325 e. The van der Waals surface area contributed by atoms with Crippen molar-refractivity contribution < 1.29 is 22.0 Å². The summed E-state index contributed by atoms with van der Waals surface area (Å²) in [5, 5.41) is 2.45. The van der Waals surface area contributed by atoms with E-state index in [2.05, 4.69) is 21.2 Å². The molecular formula is C20H21BrF2N2O3S. The molecular weight excluding hydrogens is 466 g/mol. The Kier molecular flexibility index (Phi) is 7.02. The Bertz CT molecular complexity index is 978. The third-order valence-corrected chi connectivity index (χ3v) is 7.35. The fourth-order valence-electron chi connectivity index (χ4n) is 3.44. The highest BCUT2D eigenvalue weighted by Gasteiger charge is 2.34. The Labute approximate surface area is 177 Å². The molecule has 0 saturated heterocycles. The molecule has 1 aliphatic rings. The first-order valence-electron chi connectivity index (χ1n) is 9.29. The van der Waals surface area contributed by atoms with Crippen molar-refractivity contribution in [2.24, 2.45) is 0 Å². The third kappa shape index (κ3) is 5.40. The molecule has 156 valence electrons. The first kappa shape index (κ1) is 21.9. The van der Waals surface area contributed by atoms with Gasteiger partial charge in [-0.05, 0) is 49.2 Å². The van der Waals surface area contributed by atoms with E-state index in [1.807, 2.05) is 0 Å². The highest BCUT2D eigenvalue weighted by molar-refractivity contribution is 9.10. The van der Waals surface area contributed by atoms with Crippen LogP contribution in [0.3, 0.4) is 0 Å². The molecule has 5 nitrogen and oxygen atoms in total. The van der Waals surface area contributed by atoms with Crippen molar-refractivity contribution in [2.45, 2.75) is 43.0 Å². The molecule has 2 aromatic rings. The zero-order valence-corrected chi connectivity index (χ0v) is 18.0. The molecule has 0 bridgehead atoms. The van der Waals surface area contributed by atoms with Gasteiger partial charge in [-0.25, -0.2) is 17.2 Å². The zero-order chi connectivity index (χ0) is 21.0. The summed E-state index contributed by atoms with van der Waals surface area (Å²) in [6.45, 7) is -0.401. The number of carbonyl (C=O) groups is 1. The molecule has 29 heavy (non-hydrogen) atoms. The Morgan fingerprint density at radius 2 is 1.69 bits per heavy atom. The van der Waals surface area contributed by atoms with Crippen molar-refractivity contribution in [2.75, 3.05) is 11.9 Å². The first-order valence-corrected chi connectivity index (χ1v) is 11.5. The second kappa shape index (κ2) is 9.32. The molecule has 1 fully saturated rings. The Morgan fingerprint density at radius 1 is 1.03 bits per heavy atom. The van der Waals surface area contributed by atoms with Gasteiger partial charge in [0, 0.05) is 22.3 Å². The van der Waals surface area contributed by atoms with Crippen LogP contribution in [0.2, 0.25) is 0 Å². The zero-order valence-electron chi connectivity index (χ0n) is 15.6. The van der Waals surface area contributed by atoms with Crippen molar-refractivity contribution in [3.8, 4) is 0 Å². The quantitative estimate of drug-likeness (QED) is 0.643. The lowest BCUT2D eigenvalue weighted by molar-refractivity contribution is -0.116. The van der Waals surface area contributed by atoms with E-state index in [-0.39, 0.29) is 16.6 Å². The minimum Gasteiger partial charge on any atom is -0.325 e. The van der Waals surface area contributed by atoms with E-state index < -0.39 is 34.1 Å². The predicted molar refractivity (Wildman–Crippen MR) is 110 cm³/mol. The lowest BCUT2D eigenvalue weighted by atomic mass is 9.95. The number of halogens is 3. The molecule has 0 heterocycles. The monoisotopic (exact) mass is 486 g/mol. The molecule has 3 rings (SSSR count). The SMILES string of the molecule is O=C(CN(C1CCCCC1)S(=O)(=O)c1ccc(Br)cc1)Nc1ccc(F)c(F)c1. The minimum absolute atomic E-state index is 0.0681. The van der Waals surface area contributed by atoms with Crippen LogP contribution in [0.25, 0.3) is 0 Å². The second-order valence-electron chi connectivity index (χ2n) is 6.97. The molecule has 0 aromatic heterocycles. The molecule has 1 N–H and O–H groups in total. The van der Waals surface area contributed by atoms with Crippen LogP contribution in [-0.2, 0) is 14.8 Å². The first-order chi connectivity index (χ1) is 13.8. The molecule has 2 aromatic carbocycles. The average molecular weight is 487 g/mol. The molecule has 0 spiro atoms. The van der Waals surface area contributed by atoms with Gasteiger partial charge in [-0.15, -0.1) is 0 Å². The number of carbonyl (C=O) groups excluding carboxylic acids is 1. The molecule has 9 heteroatoms. The van der Waals surface area contributed by atoms with Crippen molar-refractivity contribution in [3.05, 3.63) is 58.6 Å². The highest BCUT2D eigenvalue weighted by Crippen LogP contribution is 2.28. The lowest BCUT2D eigenvalue weighted by Gasteiger charge is -2.33. The normalized spacial score (nSPS) is 15.4. The Hall–Kier alpha value is -1.84. The fraction of sp³-hybridized carbons (Fsp3) is 0.350. The van der Waals surface area contributed by atoms with Crippen molar-refractivity contribution >= 4 is 37.5 Å². The summed E-state index contributed by atoms with van der Waals surface area (Å²) in [7, 11) is -3.90. The van der Waals surface area contributed by atoms with Gasteiger partial charge in [0.25, 0.3) is 0 Å². The van der Waals surface area contributed by atoms with Gasteiger partial charge in [0.1, 0.15) is 0 Å². The number of rotatable bonds is 6. The van der Waals surface area contributed by atoms with Crippen LogP contribution in [0.4, 0.5) is 14.5 Å². The maximum absolute atomic E-state index is 13.4. The molecule has 0 unspecified atom stereocenters. The maximum Gasteiger partial charge on any atom is 0.243 e. The van der Waals surface area contributed by atoms with E-state index >= 15 is 0 Å². The summed E-state index contributed by atoms with van der Waals surface area (Å²) in [6, 6.07) is 8.95. The standard InChI is InChI=1S/C20H21BrF2N2O3S/c21-14-6-9-17(10-7-14)29(27,28)25(16-4-2-1-3-5-16)13-20(26)24-15-8-11-18(22)19(23)12-15/h6-12,16H,1-5,13H2,(H,24,26). The van der Waals surface area contributed by atoms with Crippen LogP contribution in [0.15, 0.2) is 51.8 Å². The second-order valence-corrected chi connectivity index (χ2v) is 9.78. The van der Waals surface area contributed by atoms with Gasteiger partial charge in [0.15, 0.2) is 11.6 Å². The molecule has 0 radical (unpaired) electrons. The number of hydrogen-bond donors (Lipinski definition) is 1. The smallest absolute Gasteiger partial charge is 0.243 e. The summed E-state index contributed by atoms with van der Waals surface area (Å²) in [5.74, 6) is -2.72. The van der Waals surface area contributed by atoms with Gasteiger partial charge in [-0.3, -0.25) is 4.79 Å². The minimum atomic E-state index is -3.90. The number of nitrogens with one attached hydrogen (secondary N) is 1. The van der Waals surface area contributed by atoms with E-state index in [0.717, 1.165) is 35.9 Å². The third-order valence-electron chi connectivity index (χ3n) is 4.90. The summed E-state index contributed by atoms with van der Waals surface area (Å²) in [5.41, 5.74) is 0.0681. The fourth-order valence-corrected chi connectivity index (χ4v) is 5.34. The summed E-state index contributed by atoms with van der Waals surface area (Å²) in [6.07, 6.45) is 4.16. The van der Waals surface area contributed by atoms with Crippen molar-refractivity contribution in [1.82, 2.24) is 4.31 Å². The van der Waals surface area contributed by atoms with Gasteiger partial charge in [-0.1, -0.05) is 35.2 Å². The molecule has 0 atom stereocenters. The number of hydrogen-bond acceptors (Lipinski definition) is 3. The number of anilines is 1. The molecule has 1 amide bonds. The maximum atomic E-state index is 13.4. The molecule has 1 saturated carbocycles. The lowest BCUT2D eigenvalue weighted by Crippen LogP contribution is -2.45. The number of benzene rings is 2. The van der Waals surface area contributed by atoms with Crippen molar-refractivity contribution in [1.29, 1.82) is 0 Å². The molecule has 0 aliphatic heterocycles. The van der Waals surface area contributed by atoms with E-state index in [4.69, 9.17) is 0 Å². The summed E-state index contributed by atoms with van der Waals surface area (Å²) in [4.78, 5) is 12.7. The van der Waals surface area contributed by atoms with Gasteiger partial charge in [0.2, 0.25) is 15.9 Å². The van der Waals surface area contributed by atoms with Gasteiger partial charge < -0.3 is 5.32 Å². The van der Waals surface area contributed by atoms with Gasteiger partial charge in [0.05, 0.1) is 11.4 Å². The van der Waals surface area contributed by atoms with E-state index in [0.29, 0.717) is 12.8 Å². The average Bonchev–Trinajstić information content (AvgIpc) is 2.70. The van der Waals surface area contributed by atoms with Gasteiger partial charge >= 0.3 is 0 Å². The molecule has 1 aliphatic carbocycles. The van der Waals surface area contributed by atoms with Crippen LogP contribution in [0.5, 0.6) is 0 Å². The topological polar surface area (TPSA) is 66.5 Å². The predicted octanol–water partition coefficient (Wildman–Crippen LogP) is 4.69. The Morgan fingerprint density at radius 3 is 2.31 bits per heavy atom. The van der Waals surface area contributed by atoms with E-state index in [9.17, 15) is 22.0 Å². The van der Waals surface area contributed by atoms with E-state index in [1.165, 1.54) is 22.5 Å².